The molecular weight excluding hydrogens is 264 g/mol. The second-order valence-corrected chi connectivity index (χ2v) is 9.19. The van der Waals surface area contributed by atoms with Gasteiger partial charge in [-0.3, -0.25) is 9.00 Å². The van der Waals surface area contributed by atoms with E-state index in [1.165, 1.54) is 11.3 Å². The molecule has 0 saturated carbocycles. The first-order valence-electron chi connectivity index (χ1n) is 5.54. The molecule has 0 unspecified atom stereocenters. The van der Waals surface area contributed by atoms with Gasteiger partial charge in [0.1, 0.15) is 4.86 Å². The summed E-state index contributed by atoms with van der Waals surface area (Å²) in [6, 6.07) is 3.78. The SMILES string of the molecule is CC(C)(C)C(=O)C(C#Cc1cccs1)=S(C)(C)=O. The van der Waals surface area contributed by atoms with Gasteiger partial charge in [0.05, 0.1) is 4.88 Å². The molecule has 4 heteroatoms. The molecule has 0 aliphatic carbocycles. The van der Waals surface area contributed by atoms with Crippen LogP contribution in [0.2, 0.25) is 0 Å². The van der Waals surface area contributed by atoms with Crippen molar-refractivity contribution in [3.8, 4) is 11.8 Å². The van der Waals surface area contributed by atoms with Gasteiger partial charge in [0, 0.05) is 17.9 Å². The minimum atomic E-state index is -2.35. The average molecular weight is 282 g/mol. The summed E-state index contributed by atoms with van der Waals surface area (Å²) < 4.78 is 12.2. The summed E-state index contributed by atoms with van der Waals surface area (Å²) in [7, 11) is -2.35. The van der Waals surface area contributed by atoms with Gasteiger partial charge in [0.2, 0.25) is 0 Å². The highest BCUT2D eigenvalue weighted by Gasteiger charge is 2.26. The van der Waals surface area contributed by atoms with Gasteiger partial charge in [-0.2, -0.15) is 0 Å². The summed E-state index contributed by atoms with van der Waals surface area (Å²) in [5, 5.41) is 1.92. The van der Waals surface area contributed by atoms with E-state index >= 15 is 0 Å². The highest BCUT2D eigenvalue weighted by Crippen LogP contribution is 2.16. The lowest BCUT2D eigenvalue weighted by Gasteiger charge is -2.17. The van der Waals surface area contributed by atoms with Gasteiger partial charge < -0.3 is 0 Å². The molecule has 0 saturated heterocycles. The van der Waals surface area contributed by atoms with Crippen LogP contribution in [0, 0.1) is 17.3 Å². The largest absolute Gasteiger partial charge is 0.292 e. The van der Waals surface area contributed by atoms with Crippen LogP contribution in [0.25, 0.3) is 0 Å². The van der Waals surface area contributed by atoms with Crippen molar-refractivity contribution in [2.24, 2.45) is 5.41 Å². The number of hydrogen-bond acceptors (Lipinski definition) is 3. The van der Waals surface area contributed by atoms with Crippen LogP contribution in [-0.2, 0) is 14.3 Å². The van der Waals surface area contributed by atoms with Gasteiger partial charge in [-0.05, 0) is 32.8 Å². The van der Waals surface area contributed by atoms with Gasteiger partial charge in [0.15, 0.2) is 5.78 Å². The molecule has 1 rings (SSSR count). The van der Waals surface area contributed by atoms with Crippen molar-refractivity contribution in [2.45, 2.75) is 20.8 Å². The molecule has 0 aliphatic rings. The fourth-order valence-corrected chi connectivity index (χ4v) is 2.83. The van der Waals surface area contributed by atoms with E-state index in [-0.39, 0.29) is 10.6 Å². The molecule has 0 atom stereocenters. The van der Waals surface area contributed by atoms with Gasteiger partial charge in [-0.15, -0.1) is 11.3 Å². The van der Waals surface area contributed by atoms with Crippen LogP contribution in [-0.4, -0.2) is 27.4 Å². The van der Waals surface area contributed by atoms with Crippen molar-refractivity contribution < 1.29 is 9.00 Å². The number of thiophene rings is 1. The zero-order valence-corrected chi connectivity index (χ0v) is 13.0. The molecule has 0 bridgehead atoms. The van der Waals surface area contributed by atoms with E-state index in [0.29, 0.717) is 0 Å². The van der Waals surface area contributed by atoms with Gasteiger partial charge in [-0.25, -0.2) is 0 Å². The van der Waals surface area contributed by atoms with E-state index in [9.17, 15) is 9.00 Å². The topological polar surface area (TPSA) is 34.1 Å². The maximum absolute atomic E-state index is 12.3. The molecule has 0 fully saturated rings. The van der Waals surface area contributed by atoms with E-state index in [0.717, 1.165) is 4.88 Å². The molecule has 1 aromatic rings. The predicted octanol–water partition coefficient (Wildman–Crippen LogP) is 2.43. The average Bonchev–Trinajstić information content (AvgIpc) is 2.66. The first-order chi connectivity index (χ1) is 8.12. The second kappa shape index (κ2) is 5.29. The maximum Gasteiger partial charge on any atom is 0.184 e. The normalized spacial score (nSPS) is 11.6. The van der Waals surface area contributed by atoms with Crippen LogP contribution < -0.4 is 0 Å². The number of carbonyl (C=O) groups excluding carboxylic acids is 1. The fourth-order valence-electron chi connectivity index (χ4n) is 1.21. The molecule has 1 heterocycles. The molecule has 0 N–H and O–H groups in total. The van der Waals surface area contributed by atoms with E-state index in [1.54, 1.807) is 12.5 Å². The molecule has 18 heavy (non-hydrogen) atoms. The highest BCUT2D eigenvalue weighted by molar-refractivity contribution is 8.02. The number of rotatable bonds is 1. The van der Waals surface area contributed by atoms with Gasteiger partial charge in [0.25, 0.3) is 0 Å². The van der Waals surface area contributed by atoms with E-state index in [4.69, 9.17) is 0 Å². The minimum Gasteiger partial charge on any atom is -0.292 e. The van der Waals surface area contributed by atoms with E-state index in [2.05, 4.69) is 11.8 Å². The monoisotopic (exact) mass is 282 g/mol. The van der Waals surface area contributed by atoms with Crippen LogP contribution >= 0.6 is 11.3 Å². The Hall–Kier alpha value is -1.05. The number of carbonyl (C=O) groups is 1. The van der Waals surface area contributed by atoms with Gasteiger partial charge in [-0.1, -0.05) is 26.8 Å². The van der Waals surface area contributed by atoms with Crippen molar-refractivity contribution in [3.63, 3.8) is 0 Å². The molecule has 0 aromatic carbocycles. The summed E-state index contributed by atoms with van der Waals surface area (Å²) in [6.07, 6.45) is 3.13. The van der Waals surface area contributed by atoms with Crippen LogP contribution in [0.4, 0.5) is 0 Å². The highest BCUT2D eigenvalue weighted by atomic mass is 32.2. The van der Waals surface area contributed by atoms with E-state index < -0.39 is 14.9 Å². The lowest BCUT2D eigenvalue weighted by Crippen LogP contribution is -2.31. The standard InChI is InChI=1S/C14H18O2S2/c1-14(2,3)13(15)12(18(4,5)16)9-8-11-7-6-10-17-11/h6-7,10H,1-5H3. The van der Waals surface area contributed by atoms with Crippen molar-refractivity contribution >= 4 is 31.5 Å². The molecular formula is C14H18O2S2. The predicted molar refractivity (Wildman–Crippen MR) is 80.7 cm³/mol. The Morgan fingerprint density at radius 2 is 1.94 bits per heavy atom. The summed E-state index contributed by atoms with van der Waals surface area (Å²) in [6.45, 7) is 5.44. The summed E-state index contributed by atoms with van der Waals surface area (Å²) in [5.41, 5.74) is -0.561. The molecule has 98 valence electrons. The third kappa shape index (κ3) is 4.01. The van der Waals surface area contributed by atoms with Crippen molar-refractivity contribution in [1.29, 1.82) is 0 Å². The molecule has 0 amide bonds. The number of ketones is 1. The third-order valence-electron chi connectivity index (χ3n) is 2.20. The zero-order chi connectivity index (χ0) is 14.0. The zero-order valence-electron chi connectivity index (χ0n) is 11.4. The van der Waals surface area contributed by atoms with Gasteiger partial charge >= 0.3 is 0 Å². The summed E-state index contributed by atoms with van der Waals surface area (Å²) >= 11 is 1.50. The van der Waals surface area contributed by atoms with Crippen molar-refractivity contribution in [1.82, 2.24) is 0 Å². The molecule has 0 radical (unpaired) electrons. The maximum atomic E-state index is 12.3. The van der Waals surface area contributed by atoms with Crippen molar-refractivity contribution in [3.05, 3.63) is 22.4 Å². The first-order valence-corrected chi connectivity index (χ1v) is 8.79. The number of hydrogen-bond donors (Lipinski definition) is 0. The van der Waals surface area contributed by atoms with Crippen LogP contribution in [0.5, 0.6) is 0 Å². The van der Waals surface area contributed by atoms with Crippen LogP contribution in [0.15, 0.2) is 17.5 Å². The van der Waals surface area contributed by atoms with E-state index in [1.807, 2.05) is 38.3 Å². The lowest BCUT2D eigenvalue weighted by molar-refractivity contribution is -0.119. The summed E-state index contributed by atoms with van der Waals surface area (Å²) in [4.78, 5) is 13.4. The van der Waals surface area contributed by atoms with Crippen LogP contribution in [0.1, 0.15) is 25.6 Å². The molecule has 1 aromatic heterocycles. The second-order valence-electron chi connectivity index (χ2n) is 5.37. The quantitative estimate of drug-likeness (QED) is 0.585. The van der Waals surface area contributed by atoms with Crippen LogP contribution in [0.3, 0.4) is 0 Å². The fraction of sp³-hybridized carbons (Fsp3) is 0.429. The Balaban J connectivity index is 3.29. The summed E-state index contributed by atoms with van der Waals surface area (Å²) in [5.74, 6) is 5.60. The molecule has 0 aliphatic heterocycles. The third-order valence-corrected chi connectivity index (χ3v) is 4.26. The Labute approximate surface area is 113 Å². The smallest absolute Gasteiger partial charge is 0.184 e. The first kappa shape index (κ1) is 15.0. The Bertz CT molecular complexity index is 603. The Morgan fingerprint density at radius 1 is 1.33 bits per heavy atom. The number of Topliss-reactive ketones (excluding diaryl/α,β-unsaturated/α-hetero) is 1. The minimum absolute atomic E-state index is 0.137. The Kier molecular flexibility index (Phi) is 4.41. The van der Waals surface area contributed by atoms with Crippen molar-refractivity contribution in [2.75, 3.05) is 12.5 Å². The lowest BCUT2D eigenvalue weighted by atomic mass is 9.89. The molecule has 2 nitrogen and oxygen atoms in total. The molecule has 0 spiro atoms. The Morgan fingerprint density at radius 3 is 2.33 bits per heavy atom.